The van der Waals surface area contributed by atoms with Crippen molar-refractivity contribution >= 4 is 75.4 Å². The number of methoxy groups -OCH3 is 1. The number of benzene rings is 9. The van der Waals surface area contributed by atoms with Gasteiger partial charge < -0.3 is 4.74 Å². The molecule has 0 atom stereocenters. The summed E-state index contributed by atoms with van der Waals surface area (Å²) in [5.41, 5.74) is 2.38. The Bertz CT molecular complexity index is 2420. The Balaban J connectivity index is 1.66. The minimum Gasteiger partial charge on any atom is -0.497 e. The maximum Gasteiger partial charge on any atom is 0.123 e. The van der Waals surface area contributed by atoms with Crippen LogP contribution in [-0.2, 0) is 0 Å². The molecule has 0 unspecified atom stereocenters. The van der Waals surface area contributed by atoms with E-state index in [2.05, 4.69) is 91.0 Å². The molecule has 0 saturated heterocycles. The summed E-state index contributed by atoms with van der Waals surface area (Å²) in [5.74, 6) is 0.637. The van der Waals surface area contributed by atoms with E-state index in [1.165, 1.54) is 70.4 Å². The minimum atomic E-state index is -0.210. The van der Waals surface area contributed by atoms with Crippen LogP contribution >= 0.6 is 0 Å². The molecule has 9 rings (SSSR count). The van der Waals surface area contributed by atoms with Crippen LogP contribution in [0.4, 0.5) is 4.39 Å². The fourth-order valence-corrected chi connectivity index (χ4v) is 7.06. The molecule has 9 aromatic carbocycles. The van der Waals surface area contributed by atoms with Crippen molar-refractivity contribution in [3.05, 3.63) is 115 Å². The zero-order valence-corrected chi connectivity index (χ0v) is 21.2. The van der Waals surface area contributed by atoms with Crippen molar-refractivity contribution in [2.45, 2.75) is 0 Å². The SMILES string of the molecule is COc1ccc2c(c1)c1ccc3c4ccc(F)cc4c4cccc5c6cc(-c7ccccc7)cc2c6c1c3c45. The second kappa shape index (κ2) is 7.33. The maximum absolute atomic E-state index is 14.6. The highest BCUT2D eigenvalue weighted by molar-refractivity contribution is 6.47. The molecule has 1 nitrogen and oxygen atoms in total. The van der Waals surface area contributed by atoms with Crippen LogP contribution in [0.3, 0.4) is 0 Å². The molecule has 0 bridgehead atoms. The lowest BCUT2D eigenvalue weighted by Gasteiger charge is -2.22. The summed E-state index contributed by atoms with van der Waals surface area (Å²) < 4.78 is 20.3. The van der Waals surface area contributed by atoms with Gasteiger partial charge in [-0.15, -0.1) is 0 Å². The highest BCUT2D eigenvalue weighted by Crippen LogP contribution is 2.51. The molecule has 0 heterocycles. The second-order valence-corrected chi connectivity index (χ2v) is 10.6. The van der Waals surface area contributed by atoms with Gasteiger partial charge in [0.1, 0.15) is 11.6 Å². The van der Waals surface area contributed by atoms with Crippen molar-refractivity contribution in [1.82, 2.24) is 0 Å². The molecule has 2 heteroatoms. The lowest BCUT2D eigenvalue weighted by molar-refractivity contribution is 0.415. The van der Waals surface area contributed by atoms with Gasteiger partial charge in [0.05, 0.1) is 7.11 Å². The zero-order chi connectivity index (χ0) is 25.8. The van der Waals surface area contributed by atoms with Crippen molar-refractivity contribution in [3.63, 3.8) is 0 Å². The first-order valence-corrected chi connectivity index (χ1v) is 13.2. The first-order valence-electron chi connectivity index (χ1n) is 13.2. The largest absolute Gasteiger partial charge is 0.497 e. The van der Waals surface area contributed by atoms with Gasteiger partial charge in [-0.3, -0.25) is 0 Å². The third-order valence-corrected chi connectivity index (χ3v) is 8.67. The average molecular weight is 501 g/mol. The molecule has 0 aliphatic heterocycles. The molecule has 0 saturated carbocycles. The standard InChI is InChI=1S/C37H21FO/c1-39-23-11-13-25-31(19-23)29-15-14-28-24-12-10-22(38)18-30(24)26-8-5-9-27-33-17-21(20-6-3-2-4-7-20)16-32(25)35(33)37(29)36(28)34(26)27/h2-19H,1H3. The highest BCUT2D eigenvalue weighted by Gasteiger charge is 2.22. The van der Waals surface area contributed by atoms with Crippen LogP contribution in [0.25, 0.3) is 86.5 Å². The average Bonchev–Trinajstić information content (AvgIpc) is 3.00. The Morgan fingerprint density at radius 2 is 0.974 bits per heavy atom. The van der Waals surface area contributed by atoms with Gasteiger partial charge in [-0.05, 0) is 123 Å². The van der Waals surface area contributed by atoms with E-state index >= 15 is 0 Å². The molecule has 0 N–H and O–H groups in total. The van der Waals surface area contributed by atoms with Crippen LogP contribution in [0.15, 0.2) is 109 Å². The highest BCUT2D eigenvalue weighted by atomic mass is 19.1. The Morgan fingerprint density at radius 3 is 1.74 bits per heavy atom. The van der Waals surface area contributed by atoms with Crippen LogP contribution in [0.5, 0.6) is 5.75 Å². The molecular formula is C37H21FO. The number of ether oxygens (including phenoxy) is 1. The Kier molecular flexibility index (Phi) is 3.95. The molecule has 182 valence electrons. The topological polar surface area (TPSA) is 9.23 Å². The van der Waals surface area contributed by atoms with Gasteiger partial charge in [-0.1, -0.05) is 72.8 Å². The van der Waals surface area contributed by atoms with Crippen LogP contribution in [0.2, 0.25) is 0 Å². The molecule has 0 aliphatic rings. The van der Waals surface area contributed by atoms with Crippen molar-refractivity contribution in [2.24, 2.45) is 0 Å². The lowest BCUT2D eigenvalue weighted by atomic mass is 9.81. The number of hydrogen-bond donors (Lipinski definition) is 0. The fourth-order valence-electron chi connectivity index (χ4n) is 7.06. The smallest absolute Gasteiger partial charge is 0.123 e. The monoisotopic (exact) mass is 500 g/mol. The molecule has 0 radical (unpaired) electrons. The summed E-state index contributed by atoms with van der Waals surface area (Å²) in [4.78, 5) is 0. The summed E-state index contributed by atoms with van der Waals surface area (Å²) >= 11 is 0. The van der Waals surface area contributed by atoms with E-state index in [9.17, 15) is 4.39 Å². The summed E-state index contributed by atoms with van der Waals surface area (Å²) in [6.07, 6.45) is 0. The van der Waals surface area contributed by atoms with E-state index in [0.717, 1.165) is 21.9 Å². The third-order valence-electron chi connectivity index (χ3n) is 8.67. The van der Waals surface area contributed by atoms with Crippen molar-refractivity contribution < 1.29 is 9.13 Å². The van der Waals surface area contributed by atoms with Gasteiger partial charge in [-0.25, -0.2) is 4.39 Å². The van der Waals surface area contributed by atoms with Gasteiger partial charge >= 0.3 is 0 Å². The van der Waals surface area contributed by atoms with Crippen LogP contribution in [0.1, 0.15) is 0 Å². The third kappa shape index (κ3) is 2.63. The molecule has 39 heavy (non-hydrogen) atoms. The predicted octanol–water partition coefficient (Wildman–Crippen LogP) is 10.4. The first-order chi connectivity index (χ1) is 19.2. The van der Waals surface area contributed by atoms with Gasteiger partial charge in [0.15, 0.2) is 0 Å². The summed E-state index contributed by atoms with van der Waals surface area (Å²) in [7, 11) is 1.72. The molecule has 9 aromatic rings. The fraction of sp³-hybridized carbons (Fsp3) is 0.0270. The van der Waals surface area contributed by atoms with Gasteiger partial charge in [0, 0.05) is 0 Å². The van der Waals surface area contributed by atoms with E-state index in [1.54, 1.807) is 19.2 Å². The van der Waals surface area contributed by atoms with Crippen LogP contribution in [-0.4, -0.2) is 7.11 Å². The number of halogens is 1. The van der Waals surface area contributed by atoms with Crippen molar-refractivity contribution in [3.8, 4) is 16.9 Å². The van der Waals surface area contributed by atoms with E-state index in [1.807, 2.05) is 6.07 Å². The predicted molar refractivity (Wildman–Crippen MR) is 163 cm³/mol. The Hall–Kier alpha value is -4.95. The maximum atomic E-state index is 14.6. The normalized spacial score (nSPS) is 12.4. The molecule has 0 aliphatic carbocycles. The zero-order valence-electron chi connectivity index (χ0n) is 21.2. The van der Waals surface area contributed by atoms with Crippen molar-refractivity contribution in [1.29, 1.82) is 0 Å². The number of rotatable bonds is 2. The van der Waals surface area contributed by atoms with E-state index in [-0.39, 0.29) is 5.82 Å². The van der Waals surface area contributed by atoms with E-state index < -0.39 is 0 Å². The Morgan fingerprint density at radius 1 is 0.410 bits per heavy atom. The number of hydrogen-bond acceptors (Lipinski definition) is 1. The summed E-state index contributed by atoms with van der Waals surface area (Å²) in [6.45, 7) is 0. The summed E-state index contributed by atoms with van der Waals surface area (Å²) in [5, 5.41) is 16.6. The molecule has 0 amide bonds. The first kappa shape index (κ1) is 21.0. The summed E-state index contributed by atoms with van der Waals surface area (Å²) in [6, 6.07) is 37.9. The number of fused-ring (bicyclic) bond motifs is 7. The molecule has 0 aromatic heterocycles. The molecule has 0 fully saturated rings. The van der Waals surface area contributed by atoms with Gasteiger partial charge in [-0.2, -0.15) is 0 Å². The van der Waals surface area contributed by atoms with Crippen molar-refractivity contribution in [2.75, 3.05) is 7.11 Å². The van der Waals surface area contributed by atoms with Crippen LogP contribution in [0, 0.1) is 5.82 Å². The lowest BCUT2D eigenvalue weighted by Crippen LogP contribution is -1.94. The molecular weight excluding hydrogens is 479 g/mol. The minimum absolute atomic E-state index is 0.210. The van der Waals surface area contributed by atoms with Gasteiger partial charge in [0.25, 0.3) is 0 Å². The quantitative estimate of drug-likeness (QED) is 0.169. The Labute approximate surface area is 223 Å². The molecule has 0 spiro atoms. The van der Waals surface area contributed by atoms with Crippen LogP contribution < -0.4 is 4.74 Å². The van der Waals surface area contributed by atoms with E-state index in [0.29, 0.717) is 0 Å². The van der Waals surface area contributed by atoms with Gasteiger partial charge in [0.2, 0.25) is 0 Å². The second-order valence-electron chi connectivity index (χ2n) is 10.6. The van der Waals surface area contributed by atoms with E-state index in [4.69, 9.17) is 4.74 Å².